The highest BCUT2D eigenvalue weighted by atomic mass is 16.5. The minimum Gasteiger partial charge on any atom is -0.489 e. The van der Waals surface area contributed by atoms with Crippen LogP contribution in [0.5, 0.6) is 5.75 Å². The van der Waals surface area contributed by atoms with Crippen LogP contribution in [0, 0.1) is 5.92 Å². The van der Waals surface area contributed by atoms with E-state index in [0.29, 0.717) is 30.6 Å². The molecule has 1 aromatic heterocycles. The number of ether oxygens (including phenoxy) is 2. The van der Waals surface area contributed by atoms with Gasteiger partial charge in [-0.1, -0.05) is 0 Å². The normalized spacial score (nSPS) is 15.0. The van der Waals surface area contributed by atoms with Crippen LogP contribution in [0.4, 0.5) is 0 Å². The third-order valence-corrected chi connectivity index (χ3v) is 2.26. The average molecular weight is 210 g/mol. The van der Waals surface area contributed by atoms with Crippen LogP contribution in [0.25, 0.3) is 0 Å². The van der Waals surface area contributed by atoms with Gasteiger partial charge in [0.1, 0.15) is 0 Å². The van der Waals surface area contributed by atoms with Crippen LogP contribution >= 0.6 is 0 Å². The summed E-state index contributed by atoms with van der Waals surface area (Å²) in [4.78, 5) is 11.4. The third kappa shape index (κ3) is 2.49. The first-order valence-corrected chi connectivity index (χ1v) is 5.14. The maximum absolute atomic E-state index is 11.4. The molecule has 1 fully saturated rings. The van der Waals surface area contributed by atoms with E-state index in [1.807, 2.05) is 0 Å². The van der Waals surface area contributed by atoms with Crippen molar-refractivity contribution in [3.63, 3.8) is 0 Å². The number of rotatable bonds is 5. The minimum absolute atomic E-state index is 0.303. The number of hydrogen-bond acceptors (Lipinski definition) is 4. The fourth-order valence-electron chi connectivity index (χ4n) is 1.23. The van der Waals surface area contributed by atoms with Crippen molar-refractivity contribution in [1.82, 2.24) is 10.2 Å². The quantitative estimate of drug-likeness (QED) is 0.745. The van der Waals surface area contributed by atoms with Crippen LogP contribution in [-0.4, -0.2) is 29.4 Å². The van der Waals surface area contributed by atoms with Gasteiger partial charge in [-0.05, 0) is 25.7 Å². The molecule has 1 aliphatic carbocycles. The Morgan fingerprint density at radius 1 is 1.67 bits per heavy atom. The van der Waals surface area contributed by atoms with Gasteiger partial charge in [0.2, 0.25) is 0 Å². The smallest absolute Gasteiger partial charge is 0.360 e. The first-order valence-electron chi connectivity index (χ1n) is 5.14. The Kier molecular flexibility index (Phi) is 2.89. The molecule has 0 radical (unpaired) electrons. The first-order chi connectivity index (χ1) is 7.31. The second-order valence-corrected chi connectivity index (χ2v) is 3.58. The molecule has 82 valence electrons. The van der Waals surface area contributed by atoms with Crippen LogP contribution in [0.15, 0.2) is 6.20 Å². The van der Waals surface area contributed by atoms with Gasteiger partial charge in [-0.3, -0.25) is 5.10 Å². The lowest BCUT2D eigenvalue weighted by Crippen LogP contribution is -2.08. The minimum atomic E-state index is -0.416. The Bertz CT molecular complexity index is 344. The molecule has 15 heavy (non-hydrogen) atoms. The summed E-state index contributed by atoms with van der Waals surface area (Å²) >= 11 is 0. The van der Waals surface area contributed by atoms with Gasteiger partial charge in [-0.2, -0.15) is 5.10 Å². The summed E-state index contributed by atoms with van der Waals surface area (Å²) in [6, 6.07) is 0. The summed E-state index contributed by atoms with van der Waals surface area (Å²) in [6.45, 7) is 2.77. The fraction of sp³-hybridized carbons (Fsp3) is 0.600. The number of esters is 1. The summed E-state index contributed by atoms with van der Waals surface area (Å²) in [6.07, 6.45) is 3.94. The number of nitrogens with one attached hydrogen (secondary N) is 1. The molecule has 1 saturated carbocycles. The highest BCUT2D eigenvalue weighted by molar-refractivity contribution is 5.90. The van der Waals surface area contributed by atoms with Crippen molar-refractivity contribution >= 4 is 5.97 Å². The summed E-state index contributed by atoms with van der Waals surface area (Å²) in [5.74, 6) is 0.719. The van der Waals surface area contributed by atoms with Crippen molar-refractivity contribution in [2.75, 3.05) is 13.2 Å². The second-order valence-electron chi connectivity index (χ2n) is 3.58. The van der Waals surface area contributed by atoms with Crippen LogP contribution in [0.1, 0.15) is 30.3 Å². The van der Waals surface area contributed by atoms with E-state index in [1.54, 1.807) is 6.92 Å². The third-order valence-electron chi connectivity index (χ3n) is 2.26. The highest BCUT2D eigenvalue weighted by Gasteiger charge is 2.24. The van der Waals surface area contributed by atoms with Gasteiger partial charge in [0.25, 0.3) is 0 Å². The molecule has 0 saturated heterocycles. The van der Waals surface area contributed by atoms with E-state index in [4.69, 9.17) is 9.47 Å². The number of H-pyrrole nitrogens is 1. The van der Waals surface area contributed by atoms with E-state index in [1.165, 1.54) is 19.0 Å². The van der Waals surface area contributed by atoms with Crippen molar-refractivity contribution in [2.45, 2.75) is 19.8 Å². The molecule has 0 atom stereocenters. The molecular formula is C10H14N2O3. The zero-order valence-electron chi connectivity index (χ0n) is 8.66. The molecule has 5 heteroatoms. The van der Waals surface area contributed by atoms with Gasteiger partial charge in [0, 0.05) is 0 Å². The van der Waals surface area contributed by atoms with Gasteiger partial charge >= 0.3 is 5.97 Å². The zero-order valence-corrected chi connectivity index (χ0v) is 8.66. The van der Waals surface area contributed by atoms with E-state index in [-0.39, 0.29) is 0 Å². The van der Waals surface area contributed by atoms with Crippen LogP contribution in [0.3, 0.4) is 0 Å². The monoisotopic (exact) mass is 210 g/mol. The zero-order chi connectivity index (χ0) is 10.7. The number of aromatic amines is 1. The SMILES string of the molecule is CCOC(=O)c1[nH]ncc1OCC1CC1. The lowest BCUT2D eigenvalue weighted by atomic mass is 10.4. The van der Waals surface area contributed by atoms with Crippen molar-refractivity contribution in [3.8, 4) is 5.75 Å². The lowest BCUT2D eigenvalue weighted by molar-refractivity contribution is 0.0514. The van der Waals surface area contributed by atoms with Crippen LogP contribution in [0.2, 0.25) is 0 Å². The first kappa shape index (κ1) is 10.0. The number of aromatic nitrogens is 2. The summed E-state index contributed by atoms with van der Waals surface area (Å²) < 4.78 is 10.3. The Morgan fingerprint density at radius 3 is 3.13 bits per heavy atom. The number of carbonyl (C=O) groups is 1. The molecule has 2 rings (SSSR count). The molecule has 0 aliphatic heterocycles. The molecular weight excluding hydrogens is 196 g/mol. The van der Waals surface area contributed by atoms with E-state index >= 15 is 0 Å². The molecule has 1 heterocycles. The molecule has 5 nitrogen and oxygen atoms in total. The maximum atomic E-state index is 11.4. The van der Waals surface area contributed by atoms with E-state index in [0.717, 1.165) is 0 Å². The maximum Gasteiger partial charge on any atom is 0.360 e. The second kappa shape index (κ2) is 4.33. The molecule has 1 aliphatic rings. The number of carbonyl (C=O) groups excluding carboxylic acids is 1. The Morgan fingerprint density at radius 2 is 2.47 bits per heavy atom. The Balaban J connectivity index is 1.96. The van der Waals surface area contributed by atoms with Crippen molar-refractivity contribution in [1.29, 1.82) is 0 Å². The van der Waals surface area contributed by atoms with Gasteiger partial charge in [0.05, 0.1) is 19.4 Å². The van der Waals surface area contributed by atoms with Crippen LogP contribution in [-0.2, 0) is 4.74 Å². The lowest BCUT2D eigenvalue weighted by Gasteiger charge is -2.04. The van der Waals surface area contributed by atoms with E-state index in [2.05, 4.69) is 10.2 Å². The van der Waals surface area contributed by atoms with Gasteiger partial charge in [0.15, 0.2) is 11.4 Å². The fourth-order valence-corrected chi connectivity index (χ4v) is 1.23. The largest absolute Gasteiger partial charge is 0.489 e. The molecule has 1 N–H and O–H groups in total. The average Bonchev–Trinajstić information content (AvgIpc) is 2.93. The van der Waals surface area contributed by atoms with E-state index in [9.17, 15) is 4.79 Å². The predicted molar refractivity (Wildman–Crippen MR) is 52.8 cm³/mol. The molecule has 0 spiro atoms. The van der Waals surface area contributed by atoms with Gasteiger partial charge in [-0.25, -0.2) is 4.79 Å². The Hall–Kier alpha value is -1.52. The molecule has 0 bridgehead atoms. The molecule has 0 amide bonds. The van der Waals surface area contributed by atoms with Gasteiger partial charge < -0.3 is 9.47 Å². The van der Waals surface area contributed by atoms with Gasteiger partial charge in [-0.15, -0.1) is 0 Å². The summed E-state index contributed by atoms with van der Waals surface area (Å²) in [5, 5.41) is 6.36. The van der Waals surface area contributed by atoms with Crippen LogP contribution < -0.4 is 4.74 Å². The Labute approximate surface area is 87.8 Å². The van der Waals surface area contributed by atoms with Crippen molar-refractivity contribution < 1.29 is 14.3 Å². The number of nitrogens with zero attached hydrogens (tertiary/aromatic N) is 1. The van der Waals surface area contributed by atoms with Crippen molar-refractivity contribution in [2.24, 2.45) is 5.92 Å². The number of hydrogen-bond donors (Lipinski definition) is 1. The summed E-state index contributed by atoms with van der Waals surface area (Å²) in [5.41, 5.74) is 0.303. The van der Waals surface area contributed by atoms with Crippen molar-refractivity contribution in [3.05, 3.63) is 11.9 Å². The molecule has 0 unspecified atom stereocenters. The summed E-state index contributed by atoms with van der Waals surface area (Å²) in [7, 11) is 0. The highest BCUT2D eigenvalue weighted by Crippen LogP contribution is 2.30. The topological polar surface area (TPSA) is 64.2 Å². The standard InChI is InChI=1S/C10H14N2O3/c1-2-14-10(13)9-8(5-11-12-9)15-6-7-3-4-7/h5,7H,2-4,6H2,1H3,(H,11,12). The predicted octanol–water partition coefficient (Wildman–Crippen LogP) is 1.38. The van der Waals surface area contributed by atoms with E-state index < -0.39 is 5.97 Å². The molecule has 0 aromatic carbocycles. The molecule has 1 aromatic rings.